The Bertz CT molecular complexity index is 568. The minimum Gasteiger partial charge on any atom is -0.353 e. The maximum atomic E-state index is 4.35. The van der Waals surface area contributed by atoms with Gasteiger partial charge in [0.25, 0.3) is 0 Å². The molecule has 3 aromatic rings. The predicted molar refractivity (Wildman–Crippen MR) is 67.3 cm³/mol. The van der Waals surface area contributed by atoms with Crippen LogP contribution >= 0.6 is 11.3 Å². The third kappa shape index (κ3) is 2.26. The van der Waals surface area contributed by atoms with Crippen molar-refractivity contribution in [3.63, 3.8) is 0 Å². The molecule has 86 valence electrons. The number of fused-ring (bicyclic) bond motifs is 1. The third-order valence-corrected chi connectivity index (χ3v) is 3.02. The first-order valence-corrected chi connectivity index (χ1v) is 6.28. The van der Waals surface area contributed by atoms with Crippen LogP contribution in [0.4, 0.5) is 5.95 Å². The fraction of sp³-hybridized carbons (Fsp3) is 0.182. The van der Waals surface area contributed by atoms with Crippen molar-refractivity contribution in [2.75, 3.05) is 11.9 Å². The van der Waals surface area contributed by atoms with Crippen LogP contribution in [0.1, 0.15) is 5.69 Å². The van der Waals surface area contributed by atoms with Crippen LogP contribution in [-0.4, -0.2) is 26.1 Å². The van der Waals surface area contributed by atoms with E-state index in [0.717, 1.165) is 24.3 Å². The lowest BCUT2D eigenvalue weighted by atomic mass is 10.3. The van der Waals surface area contributed by atoms with E-state index in [1.807, 2.05) is 29.9 Å². The van der Waals surface area contributed by atoms with Gasteiger partial charge in [-0.05, 0) is 12.1 Å². The lowest BCUT2D eigenvalue weighted by Gasteiger charge is -1.98. The Kier molecular flexibility index (Phi) is 2.71. The molecule has 0 bridgehead atoms. The standard InChI is InChI=1S/C11H11N5S/c1-2-6-16-10(3-1)14-11(15-16)12-5-4-9-7-17-8-13-9/h1-3,6-8H,4-5H2,(H,12,15). The average molecular weight is 245 g/mol. The van der Waals surface area contributed by atoms with Crippen molar-refractivity contribution in [1.29, 1.82) is 0 Å². The minimum absolute atomic E-state index is 0.659. The van der Waals surface area contributed by atoms with Gasteiger partial charge in [-0.25, -0.2) is 9.50 Å². The number of nitrogens with one attached hydrogen (secondary N) is 1. The van der Waals surface area contributed by atoms with Gasteiger partial charge in [0.05, 0.1) is 11.2 Å². The Hall–Kier alpha value is -1.95. The molecule has 0 spiro atoms. The topological polar surface area (TPSA) is 55.1 Å². The first-order chi connectivity index (χ1) is 8.42. The van der Waals surface area contributed by atoms with E-state index in [0.29, 0.717) is 5.95 Å². The van der Waals surface area contributed by atoms with Gasteiger partial charge in [0.2, 0.25) is 5.95 Å². The van der Waals surface area contributed by atoms with Gasteiger partial charge < -0.3 is 5.32 Å². The zero-order chi connectivity index (χ0) is 11.5. The maximum Gasteiger partial charge on any atom is 0.243 e. The molecule has 6 heteroatoms. The Morgan fingerprint density at radius 3 is 3.18 bits per heavy atom. The molecule has 1 N–H and O–H groups in total. The van der Waals surface area contributed by atoms with Crippen LogP contribution in [0.2, 0.25) is 0 Å². The summed E-state index contributed by atoms with van der Waals surface area (Å²) in [5, 5.41) is 9.56. The van der Waals surface area contributed by atoms with E-state index < -0.39 is 0 Å². The molecule has 0 aliphatic rings. The molecule has 0 fully saturated rings. The lowest BCUT2D eigenvalue weighted by Crippen LogP contribution is -2.06. The maximum absolute atomic E-state index is 4.35. The molecule has 3 rings (SSSR count). The van der Waals surface area contributed by atoms with Crippen LogP contribution in [0.5, 0.6) is 0 Å². The van der Waals surface area contributed by atoms with Crippen molar-refractivity contribution >= 4 is 22.9 Å². The molecule has 0 unspecified atom stereocenters. The molecule has 3 aromatic heterocycles. The number of rotatable bonds is 4. The summed E-state index contributed by atoms with van der Waals surface area (Å²) >= 11 is 1.62. The van der Waals surface area contributed by atoms with Gasteiger partial charge in [-0.3, -0.25) is 0 Å². The second-order valence-electron chi connectivity index (χ2n) is 3.60. The fourth-order valence-corrected chi connectivity index (χ4v) is 2.16. The van der Waals surface area contributed by atoms with E-state index in [9.17, 15) is 0 Å². The second-order valence-corrected chi connectivity index (χ2v) is 4.31. The highest BCUT2D eigenvalue weighted by atomic mass is 32.1. The highest BCUT2D eigenvalue weighted by molar-refractivity contribution is 7.07. The molecule has 0 amide bonds. The number of aromatic nitrogens is 4. The Balaban J connectivity index is 1.65. The minimum atomic E-state index is 0.659. The zero-order valence-electron chi connectivity index (χ0n) is 9.08. The van der Waals surface area contributed by atoms with E-state index in [4.69, 9.17) is 0 Å². The van der Waals surface area contributed by atoms with Crippen molar-refractivity contribution < 1.29 is 0 Å². The van der Waals surface area contributed by atoms with Gasteiger partial charge in [0.15, 0.2) is 5.65 Å². The Morgan fingerprint density at radius 1 is 1.35 bits per heavy atom. The van der Waals surface area contributed by atoms with E-state index in [1.165, 1.54) is 0 Å². The van der Waals surface area contributed by atoms with E-state index in [-0.39, 0.29) is 0 Å². The number of anilines is 1. The van der Waals surface area contributed by atoms with Gasteiger partial charge in [-0.2, -0.15) is 4.98 Å². The van der Waals surface area contributed by atoms with E-state index in [2.05, 4.69) is 25.8 Å². The molecule has 5 nitrogen and oxygen atoms in total. The molecule has 0 aliphatic heterocycles. The van der Waals surface area contributed by atoms with Gasteiger partial charge >= 0.3 is 0 Å². The Morgan fingerprint density at radius 2 is 2.35 bits per heavy atom. The molecular formula is C11H11N5S. The molecule has 0 aromatic carbocycles. The van der Waals surface area contributed by atoms with Crippen molar-refractivity contribution in [1.82, 2.24) is 19.6 Å². The smallest absolute Gasteiger partial charge is 0.243 e. The van der Waals surface area contributed by atoms with Crippen molar-refractivity contribution in [2.24, 2.45) is 0 Å². The summed E-state index contributed by atoms with van der Waals surface area (Å²) in [7, 11) is 0. The quantitative estimate of drug-likeness (QED) is 0.762. The number of hydrogen-bond donors (Lipinski definition) is 1. The van der Waals surface area contributed by atoms with Crippen LogP contribution in [0.3, 0.4) is 0 Å². The van der Waals surface area contributed by atoms with Crippen molar-refractivity contribution in [2.45, 2.75) is 6.42 Å². The average Bonchev–Trinajstić information content (AvgIpc) is 2.96. The monoisotopic (exact) mass is 245 g/mol. The highest BCUT2D eigenvalue weighted by Gasteiger charge is 2.01. The summed E-state index contributed by atoms with van der Waals surface area (Å²) < 4.78 is 1.76. The summed E-state index contributed by atoms with van der Waals surface area (Å²) in [5.74, 6) is 0.659. The van der Waals surface area contributed by atoms with Crippen LogP contribution in [0.15, 0.2) is 35.3 Å². The van der Waals surface area contributed by atoms with Crippen LogP contribution in [0, 0.1) is 0 Å². The summed E-state index contributed by atoms with van der Waals surface area (Å²) in [6.07, 6.45) is 2.77. The first-order valence-electron chi connectivity index (χ1n) is 5.34. The Labute approximate surface area is 102 Å². The largest absolute Gasteiger partial charge is 0.353 e. The third-order valence-electron chi connectivity index (χ3n) is 2.39. The molecular weight excluding hydrogens is 234 g/mol. The summed E-state index contributed by atoms with van der Waals surface area (Å²) in [4.78, 5) is 8.58. The van der Waals surface area contributed by atoms with E-state index >= 15 is 0 Å². The van der Waals surface area contributed by atoms with Crippen LogP contribution in [-0.2, 0) is 6.42 Å². The molecule has 0 aliphatic carbocycles. The molecule has 17 heavy (non-hydrogen) atoms. The number of nitrogens with zero attached hydrogens (tertiary/aromatic N) is 4. The van der Waals surface area contributed by atoms with Gasteiger partial charge in [-0.15, -0.1) is 16.4 Å². The number of pyridine rings is 1. The molecule has 0 saturated heterocycles. The predicted octanol–water partition coefficient (Wildman–Crippen LogP) is 1.84. The van der Waals surface area contributed by atoms with E-state index in [1.54, 1.807) is 15.9 Å². The number of hydrogen-bond acceptors (Lipinski definition) is 5. The van der Waals surface area contributed by atoms with Crippen molar-refractivity contribution in [3.8, 4) is 0 Å². The van der Waals surface area contributed by atoms with Gasteiger partial charge in [0, 0.05) is 24.5 Å². The first kappa shape index (κ1) is 10.2. The van der Waals surface area contributed by atoms with Gasteiger partial charge in [-0.1, -0.05) is 6.07 Å². The molecule has 0 atom stereocenters. The molecule has 0 radical (unpaired) electrons. The SMILES string of the molecule is c1ccn2nc(NCCc3cscn3)nc2c1. The second kappa shape index (κ2) is 4.50. The van der Waals surface area contributed by atoms with Gasteiger partial charge in [0.1, 0.15) is 0 Å². The van der Waals surface area contributed by atoms with Crippen molar-refractivity contribution in [3.05, 3.63) is 41.0 Å². The number of thiazole rings is 1. The normalized spacial score (nSPS) is 10.8. The molecule has 0 saturated carbocycles. The highest BCUT2D eigenvalue weighted by Crippen LogP contribution is 2.05. The summed E-state index contributed by atoms with van der Waals surface area (Å²) in [5.41, 5.74) is 3.80. The lowest BCUT2D eigenvalue weighted by molar-refractivity contribution is 0.926. The van der Waals surface area contributed by atoms with Crippen LogP contribution in [0.25, 0.3) is 5.65 Å². The fourth-order valence-electron chi connectivity index (χ4n) is 1.57. The summed E-state index contributed by atoms with van der Waals surface area (Å²) in [6.45, 7) is 0.792. The zero-order valence-corrected chi connectivity index (χ0v) is 9.89. The molecule has 3 heterocycles. The van der Waals surface area contributed by atoms with Crippen LogP contribution < -0.4 is 5.32 Å². The summed E-state index contributed by atoms with van der Waals surface area (Å²) in [6, 6.07) is 5.81.